The van der Waals surface area contributed by atoms with E-state index in [2.05, 4.69) is 15.9 Å². The van der Waals surface area contributed by atoms with Crippen LogP contribution in [0.5, 0.6) is 0 Å². The molecular formula is C12H17BrN2O3S. The highest BCUT2D eigenvalue weighted by molar-refractivity contribution is 9.10. The third kappa shape index (κ3) is 2.94. The van der Waals surface area contributed by atoms with Crippen molar-refractivity contribution in [3.63, 3.8) is 0 Å². The summed E-state index contributed by atoms with van der Waals surface area (Å²) in [4.78, 5) is 0.258. The number of benzene rings is 1. The maximum Gasteiger partial charge on any atom is 0.243 e. The Kier molecular flexibility index (Phi) is 4.20. The third-order valence-corrected chi connectivity index (χ3v) is 5.64. The standard InChI is InChI=1S/C12H17BrN2O3S/c1-8-7-15(3-4-18-8)19(16,17)12-6-10(13)5-11(14)9(12)2/h5-6,8H,3-4,7,14H2,1-2H3. The summed E-state index contributed by atoms with van der Waals surface area (Å²) in [5.41, 5.74) is 6.89. The lowest BCUT2D eigenvalue weighted by atomic mass is 10.2. The van der Waals surface area contributed by atoms with Gasteiger partial charge in [0, 0.05) is 23.2 Å². The summed E-state index contributed by atoms with van der Waals surface area (Å²) in [7, 11) is -3.53. The molecule has 0 saturated carbocycles. The second kappa shape index (κ2) is 5.40. The Morgan fingerprint density at radius 1 is 1.47 bits per heavy atom. The Balaban J connectivity index is 2.45. The molecule has 0 radical (unpaired) electrons. The highest BCUT2D eigenvalue weighted by Gasteiger charge is 2.30. The molecular weight excluding hydrogens is 332 g/mol. The van der Waals surface area contributed by atoms with Gasteiger partial charge in [-0.25, -0.2) is 8.42 Å². The smallest absolute Gasteiger partial charge is 0.243 e. The van der Waals surface area contributed by atoms with Crippen LogP contribution in [0.3, 0.4) is 0 Å². The minimum Gasteiger partial charge on any atom is -0.398 e. The van der Waals surface area contributed by atoms with E-state index < -0.39 is 10.0 Å². The van der Waals surface area contributed by atoms with Gasteiger partial charge >= 0.3 is 0 Å². The first-order valence-electron chi connectivity index (χ1n) is 5.99. The molecule has 5 nitrogen and oxygen atoms in total. The molecule has 0 spiro atoms. The molecule has 1 aliphatic heterocycles. The lowest BCUT2D eigenvalue weighted by Gasteiger charge is -2.30. The zero-order valence-corrected chi connectivity index (χ0v) is 13.3. The number of rotatable bonds is 2. The van der Waals surface area contributed by atoms with Gasteiger partial charge < -0.3 is 10.5 Å². The van der Waals surface area contributed by atoms with E-state index in [9.17, 15) is 8.42 Å². The van der Waals surface area contributed by atoms with E-state index in [0.717, 1.165) is 0 Å². The first-order chi connectivity index (χ1) is 8.82. The van der Waals surface area contributed by atoms with E-state index in [1.807, 2.05) is 6.92 Å². The van der Waals surface area contributed by atoms with Gasteiger partial charge in [0.25, 0.3) is 0 Å². The molecule has 2 rings (SSSR count). The van der Waals surface area contributed by atoms with Crippen molar-refractivity contribution in [2.24, 2.45) is 0 Å². The highest BCUT2D eigenvalue weighted by atomic mass is 79.9. The lowest BCUT2D eigenvalue weighted by Crippen LogP contribution is -2.44. The molecule has 1 fully saturated rings. The van der Waals surface area contributed by atoms with Gasteiger partial charge in [-0.05, 0) is 31.5 Å². The van der Waals surface area contributed by atoms with Crippen molar-refractivity contribution < 1.29 is 13.2 Å². The molecule has 1 heterocycles. The van der Waals surface area contributed by atoms with Crippen molar-refractivity contribution in [3.05, 3.63) is 22.2 Å². The number of anilines is 1. The van der Waals surface area contributed by atoms with Crippen LogP contribution < -0.4 is 5.73 Å². The molecule has 1 aliphatic rings. The second-order valence-corrected chi connectivity index (χ2v) is 7.48. The monoisotopic (exact) mass is 348 g/mol. The number of nitrogens with two attached hydrogens (primary N) is 1. The van der Waals surface area contributed by atoms with E-state index in [0.29, 0.717) is 35.4 Å². The quantitative estimate of drug-likeness (QED) is 0.826. The maximum absolute atomic E-state index is 12.7. The van der Waals surface area contributed by atoms with Crippen molar-refractivity contribution in [1.29, 1.82) is 0 Å². The average molecular weight is 349 g/mol. The van der Waals surface area contributed by atoms with Gasteiger partial charge in [-0.2, -0.15) is 4.31 Å². The van der Waals surface area contributed by atoms with E-state index in [1.54, 1.807) is 19.1 Å². The lowest BCUT2D eigenvalue weighted by molar-refractivity contribution is 0.0102. The predicted octanol–water partition coefficient (Wildman–Crippen LogP) is 1.75. The molecule has 0 aromatic heterocycles. The van der Waals surface area contributed by atoms with Gasteiger partial charge in [-0.15, -0.1) is 0 Å². The molecule has 19 heavy (non-hydrogen) atoms. The normalized spacial score (nSPS) is 21.5. The molecule has 7 heteroatoms. The second-order valence-electron chi connectivity index (χ2n) is 4.66. The molecule has 1 aromatic rings. The summed E-state index contributed by atoms with van der Waals surface area (Å²) in [5, 5.41) is 0. The summed E-state index contributed by atoms with van der Waals surface area (Å²) in [6.07, 6.45) is -0.0895. The summed E-state index contributed by atoms with van der Waals surface area (Å²) in [6, 6.07) is 3.30. The SMILES string of the molecule is Cc1c(N)cc(Br)cc1S(=O)(=O)N1CCOC(C)C1. The number of hydrogen-bond donors (Lipinski definition) is 1. The topological polar surface area (TPSA) is 72.6 Å². The molecule has 2 N–H and O–H groups in total. The number of ether oxygens (including phenoxy) is 1. The Hall–Kier alpha value is -0.630. The van der Waals surface area contributed by atoms with E-state index >= 15 is 0 Å². The Morgan fingerprint density at radius 2 is 2.16 bits per heavy atom. The fraction of sp³-hybridized carbons (Fsp3) is 0.500. The van der Waals surface area contributed by atoms with Crippen molar-refractivity contribution in [2.75, 3.05) is 25.4 Å². The fourth-order valence-electron chi connectivity index (χ4n) is 2.09. The summed E-state index contributed by atoms with van der Waals surface area (Å²) in [6.45, 7) is 4.75. The molecule has 0 amide bonds. The van der Waals surface area contributed by atoms with Crippen LogP contribution in [0.1, 0.15) is 12.5 Å². The minimum atomic E-state index is -3.53. The summed E-state index contributed by atoms with van der Waals surface area (Å²) in [5.74, 6) is 0. The van der Waals surface area contributed by atoms with Gasteiger partial charge in [-0.1, -0.05) is 15.9 Å². The van der Waals surface area contributed by atoms with Gasteiger partial charge in [0.15, 0.2) is 0 Å². The number of halogens is 1. The van der Waals surface area contributed by atoms with Crippen molar-refractivity contribution in [2.45, 2.75) is 24.8 Å². The average Bonchev–Trinajstić information content (AvgIpc) is 2.33. The van der Waals surface area contributed by atoms with Crippen LogP contribution in [0.15, 0.2) is 21.5 Å². The highest BCUT2D eigenvalue weighted by Crippen LogP contribution is 2.29. The number of nitrogens with zero attached hydrogens (tertiary/aromatic N) is 1. The van der Waals surface area contributed by atoms with E-state index in [-0.39, 0.29) is 11.0 Å². The van der Waals surface area contributed by atoms with Gasteiger partial charge in [-0.3, -0.25) is 0 Å². The summed E-state index contributed by atoms with van der Waals surface area (Å²) >= 11 is 3.29. The van der Waals surface area contributed by atoms with Crippen LogP contribution >= 0.6 is 15.9 Å². The van der Waals surface area contributed by atoms with Crippen LogP contribution in [-0.4, -0.2) is 38.5 Å². The molecule has 1 aromatic carbocycles. The third-order valence-electron chi connectivity index (χ3n) is 3.19. The van der Waals surface area contributed by atoms with Crippen LogP contribution in [-0.2, 0) is 14.8 Å². The zero-order chi connectivity index (χ0) is 14.2. The molecule has 0 aliphatic carbocycles. The van der Waals surface area contributed by atoms with Gasteiger partial charge in [0.2, 0.25) is 10.0 Å². The zero-order valence-electron chi connectivity index (χ0n) is 10.9. The minimum absolute atomic E-state index is 0.0895. The molecule has 0 bridgehead atoms. The fourth-order valence-corrected chi connectivity index (χ4v) is 4.49. The van der Waals surface area contributed by atoms with Crippen LogP contribution in [0.2, 0.25) is 0 Å². The van der Waals surface area contributed by atoms with Crippen molar-refractivity contribution >= 4 is 31.6 Å². The van der Waals surface area contributed by atoms with Crippen LogP contribution in [0.4, 0.5) is 5.69 Å². The molecule has 1 unspecified atom stereocenters. The summed E-state index contributed by atoms with van der Waals surface area (Å²) < 4.78 is 32.8. The molecule has 1 atom stereocenters. The van der Waals surface area contributed by atoms with E-state index in [4.69, 9.17) is 10.5 Å². The number of nitrogen functional groups attached to an aromatic ring is 1. The molecule has 1 saturated heterocycles. The first-order valence-corrected chi connectivity index (χ1v) is 8.23. The largest absolute Gasteiger partial charge is 0.398 e. The van der Waals surface area contributed by atoms with Gasteiger partial charge in [0.05, 0.1) is 17.6 Å². The number of morpholine rings is 1. The van der Waals surface area contributed by atoms with Crippen LogP contribution in [0, 0.1) is 6.92 Å². The van der Waals surface area contributed by atoms with Crippen molar-refractivity contribution in [3.8, 4) is 0 Å². The van der Waals surface area contributed by atoms with Crippen LogP contribution in [0.25, 0.3) is 0 Å². The first kappa shape index (κ1) is 14.8. The van der Waals surface area contributed by atoms with Gasteiger partial charge in [0.1, 0.15) is 0 Å². The Labute approximate surface area is 121 Å². The van der Waals surface area contributed by atoms with E-state index in [1.165, 1.54) is 4.31 Å². The maximum atomic E-state index is 12.7. The Bertz CT molecular complexity index is 589. The molecule has 106 valence electrons. The number of hydrogen-bond acceptors (Lipinski definition) is 4. The predicted molar refractivity (Wildman–Crippen MR) is 77.5 cm³/mol. The van der Waals surface area contributed by atoms with Crippen molar-refractivity contribution in [1.82, 2.24) is 4.31 Å². The Morgan fingerprint density at radius 3 is 2.79 bits per heavy atom. The number of sulfonamides is 1.